The minimum atomic E-state index is 0.310. The van der Waals surface area contributed by atoms with Crippen LogP contribution < -0.4 is 42.5 Å². The molecule has 5 aliphatic heterocycles. The van der Waals surface area contributed by atoms with Crippen molar-refractivity contribution < 1.29 is 0 Å². The van der Waals surface area contributed by atoms with Gasteiger partial charge in [0, 0.05) is 0 Å². The van der Waals surface area contributed by atoms with E-state index >= 15 is 0 Å². The van der Waals surface area contributed by atoms with Gasteiger partial charge in [-0.25, -0.2) is 0 Å². The zero-order chi connectivity index (χ0) is 44.5. The van der Waals surface area contributed by atoms with E-state index in [1.54, 1.807) is 0 Å². The third-order valence-electron chi connectivity index (χ3n) is 21.7. The fourth-order valence-corrected chi connectivity index (χ4v) is 18.2. The maximum atomic E-state index is 4.71. The van der Waals surface area contributed by atoms with Gasteiger partial charge in [-0.3, -0.25) is 42.5 Å². The summed E-state index contributed by atoms with van der Waals surface area (Å²) in [7, 11) is 0. The molecule has 8 N–H and O–H groups in total. The fraction of sp³-hybridized carbons (Fsp3) is 1.00. The Morgan fingerprint density at radius 2 is 0.531 bits per heavy atom. The zero-order valence-electron chi connectivity index (χ0n) is 42.8. The lowest BCUT2D eigenvalue weighted by Crippen LogP contribution is -2.62. The Hall–Kier alpha value is -0.320. The Balaban J connectivity index is 1.14. The van der Waals surface area contributed by atoms with E-state index in [-0.39, 0.29) is 0 Å². The zero-order valence-corrected chi connectivity index (χ0v) is 42.8. The molecule has 5 heterocycles. The van der Waals surface area contributed by atoms with Gasteiger partial charge in [-0.1, -0.05) is 158 Å². The van der Waals surface area contributed by atoms with Crippen LogP contribution >= 0.6 is 0 Å². The smallest absolute Gasteiger partial charge is 0.0631 e. The highest BCUT2D eigenvalue weighted by Crippen LogP contribution is 2.58. The molecular weight excluding hydrogens is 785 g/mol. The van der Waals surface area contributed by atoms with Crippen LogP contribution in [-0.4, -0.2) is 49.3 Å². The molecule has 8 heteroatoms. The van der Waals surface area contributed by atoms with Gasteiger partial charge in [-0.2, -0.15) is 0 Å². The molecule has 24 unspecified atom stereocenters. The highest BCUT2D eigenvalue weighted by Gasteiger charge is 2.61. The summed E-state index contributed by atoms with van der Waals surface area (Å²) in [4.78, 5) is 0. The van der Waals surface area contributed by atoms with Crippen molar-refractivity contribution in [2.75, 3.05) is 0 Å². The SMILES string of the molecule is CCCCCC1C(CCCCC)C(CCCCC)C2C3NC4NC(NC5NC(NC6NC(NC(N3)C2C1CCCCC)C1CCCCC61)C1CCCCC51)C1C(C)C(C)C(C)C(C)C41. The first-order valence-corrected chi connectivity index (χ1v) is 29.4. The molecule has 4 aliphatic carbocycles. The Morgan fingerprint density at radius 1 is 0.281 bits per heavy atom. The molecule has 368 valence electrons. The number of unbranched alkanes of at least 4 members (excludes halogenated alkanes) is 8. The second-order valence-corrected chi connectivity index (χ2v) is 24.8. The Bertz CT molecular complexity index is 1430. The molecule has 4 saturated carbocycles. The quantitative estimate of drug-likeness (QED) is 0.0727. The third-order valence-corrected chi connectivity index (χ3v) is 21.7. The van der Waals surface area contributed by atoms with Gasteiger partial charge in [0.25, 0.3) is 0 Å². The van der Waals surface area contributed by atoms with Gasteiger partial charge in [0.1, 0.15) is 0 Å². The first-order valence-electron chi connectivity index (χ1n) is 29.4. The van der Waals surface area contributed by atoms with E-state index in [2.05, 4.69) is 92.6 Å². The molecule has 0 aromatic carbocycles. The van der Waals surface area contributed by atoms with Gasteiger partial charge < -0.3 is 0 Å². The van der Waals surface area contributed by atoms with E-state index in [1.807, 2.05) is 0 Å². The summed E-state index contributed by atoms with van der Waals surface area (Å²) < 4.78 is 0. The molecule has 8 bridgehead atoms. The minimum Gasteiger partial charge on any atom is -0.286 e. The summed E-state index contributed by atoms with van der Waals surface area (Å²) in [5.74, 6) is 11.5. The molecule has 0 aromatic rings. The van der Waals surface area contributed by atoms with E-state index in [4.69, 9.17) is 5.32 Å². The van der Waals surface area contributed by atoms with Crippen LogP contribution in [-0.2, 0) is 0 Å². The molecule has 0 spiro atoms. The Labute approximate surface area is 394 Å². The lowest BCUT2D eigenvalue weighted by atomic mass is 9.53. The van der Waals surface area contributed by atoms with Gasteiger partial charge in [-0.15, -0.1) is 0 Å². The van der Waals surface area contributed by atoms with E-state index in [0.29, 0.717) is 109 Å². The summed E-state index contributed by atoms with van der Waals surface area (Å²) >= 11 is 0. The third kappa shape index (κ3) is 9.62. The predicted octanol–water partition coefficient (Wildman–Crippen LogP) is 10.8. The molecule has 9 fully saturated rings. The highest BCUT2D eigenvalue weighted by molar-refractivity contribution is 5.13. The number of fused-ring (bicyclic) bond motifs is 20. The molecule has 9 rings (SSSR count). The molecule has 9 aliphatic rings. The van der Waals surface area contributed by atoms with Gasteiger partial charge in [0.05, 0.1) is 49.3 Å². The molecule has 5 saturated heterocycles. The second-order valence-electron chi connectivity index (χ2n) is 24.8. The van der Waals surface area contributed by atoms with E-state index in [9.17, 15) is 0 Å². The van der Waals surface area contributed by atoms with Crippen molar-refractivity contribution in [3.63, 3.8) is 0 Å². The average molecular weight is 890 g/mol. The average Bonchev–Trinajstić information content (AvgIpc) is 4.05. The molecule has 64 heavy (non-hydrogen) atoms. The number of hydrogen-bond acceptors (Lipinski definition) is 8. The van der Waals surface area contributed by atoms with E-state index < -0.39 is 0 Å². The van der Waals surface area contributed by atoms with Gasteiger partial charge in [0.15, 0.2) is 0 Å². The fourth-order valence-electron chi connectivity index (χ4n) is 18.2. The Morgan fingerprint density at radius 3 is 0.828 bits per heavy atom. The monoisotopic (exact) mass is 889 g/mol. The number of hydrogen-bond donors (Lipinski definition) is 8. The van der Waals surface area contributed by atoms with Crippen LogP contribution in [0.25, 0.3) is 0 Å². The maximum absolute atomic E-state index is 4.71. The summed E-state index contributed by atoms with van der Waals surface area (Å²) in [5.41, 5.74) is 0. The van der Waals surface area contributed by atoms with Crippen LogP contribution in [0.1, 0.15) is 209 Å². The van der Waals surface area contributed by atoms with Crippen LogP contribution in [0.15, 0.2) is 0 Å². The van der Waals surface area contributed by atoms with Gasteiger partial charge >= 0.3 is 0 Å². The lowest BCUT2D eigenvalue weighted by molar-refractivity contribution is -0.0452. The maximum Gasteiger partial charge on any atom is 0.0631 e. The Kier molecular flexibility index (Phi) is 16.9. The van der Waals surface area contributed by atoms with Gasteiger partial charge in [-0.05, 0) is 146 Å². The van der Waals surface area contributed by atoms with Crippen molar-refractivity contribution in [2.45, 2.75) is 259 Å². The topological polar surface area (TPSA) is 96.2 Å². The largest absolute Gasteiger partial charge is 0.286 e. The first kappa shape index (κ1) is 48.7. The number of rotatable bonds is 16. The van der Waals surface area contributed by atoms with Crippen molar-refractivity contribution in [1.82, 2.24) is 42.5 Å². The van der Waals surface area contributed by atoms with Crippen LogP contribution in [0.2, 0.25) is 0 Å². The summed E-state index contributed by atoms with van der Waals surface area (Å²) in [6, 6.07) is 0. The van der Waals surface area contributed by atoms with Crippen LogP contribution in [0.3, 0.4) is 0 Å². The molecule has 0 amide bonds. The molecule has 0 aromatic heterocycles. The minimum absolute atomic E-state index is 0.310. The van der Waals surface area contributed by atoms with Crippen molar-refractivity contribution in [3.05, 3.63) is 0 Å². The van der Waals surface area contributed by atoms with Crippen molar-refractivity contribution in [1.29, 1.82) is 0 Å². The van der Waals surface area contributed by atoms with Crippen LogP contribution in [0.5, 0.6) is 0 Å². The summed E-state index contributed by atoms with van der Waals surface area (Å²) in [5, 5.41) is 36.2. The first-order chi connectivity index (χ1) is 31.3. The van der Waals surface area contributed by atoms with Crippen molar-refractivity contribution in [3.8, 4) is 0 Å². The summed E-state index contributed by atoms with van der Waals surface area (Å²) in [6.07, 6.45) is 36.1. The van der Waals surface area contributed by atoms with E-state index in [1.165, 1.54) is 154 Å². The molecular formula is C56H104N8. The van der Waals surface area contributed by atoms with Crippen LogP contribution in [0, 0.1) is 94.7 Å². The molecule has 0 radical (unpaired) electrons. The standard InChI is InChI=1S/C56H104N8/c1-9-13-17-25-37-38(26-18-14-10-2)40(28-20-16-12-4)48-47(39(37)27-19-15-11-3)55-61-52-44-32-24-22-30-42(44)50(59-52)57-49-41-29-21-23-31-43(41)51(58-49)60-53-45-35(7)33(5)34(6)36(8)46(45)54(62-53)63-56(48)64-55/h33-64H,9-32H2,1-8H3. The van der Waals surface area contributed by atoms with Crippen LogP contribution in [0.4, 0.5) is 0 Å². The highest BCUT2D eigenvalue weighted by atomic mass is 15.4. The summed E-state index contributed by atoms with van der Waals surface area (Å²) in [6.45, 7) is 20.2. The predicted molar refractivity (Wildman–Crippen MR) is 267 cm³/mol. The van der Waals surface area contributed by atoms with Crippen molar-refractivity contribution in [2.24, 2.45) is 94.7 Å². The van der Waals surface area contributed by atoms with E-state index in [0.717, 1.165) is 35.5 Å². The molecule has 24 atom stereocenters. The van der Waals surface area contributed by atoms with Crippen molar-refractivity contribution >= 4 is 0 Å². The molecule has 8 nitrogen and oxygen atoms in total. The second kappa shape index (κ2) is 22.2. The normalized spacial score (nSPS) is 49.9. The van der Waals surface area contributed by atoms with Gasteiger partial charge in [0.2, 0.25) is 0 Å². The number of nitrogens with one attached hydrogen (secondary N) is 8. The lowest BCUT2D eigenvalue weighted by Gasteiger charge is -2.53.